The maximum Gasteiger partial charge on any atom is 0.226 e. The van der Waals surface area contributed by atoms with E-state index in [4.69, 9.17) is 4.74 Å². The van der Waals surface area contributed by atoms with E-state index in [-0.39, 0.29) is 11.8 Å². The Hall–Kier alpha value is -2.36. The summed E-state index contributed by atoms with van der Waals surface area (Å²) >= 11 is 0. The van der Waals surface area contributed by atoms with Gasteiger partial charge in [-0.05, 0) is 54.2 Å². The lowest BCUT2D eigenvalue weighted by Gasteiger charge is -2.23. The van der Waals surface area contributed by atoms with Gasteiger partial charge in [0.2, 0.25) is 5.91 Å². The molecule has 25 heavy (non-hydrogen) atoms. The van der Waals surface area contributed by atoms with E-state index in [2.05, 4.69) is 31.0 Å². The fourth-order valence-electron chi connectivity index (χ4n) is 2.68. The lowest BCUT2D eigenvalue weighted by atomic mass is 10.1. The molecule has 0 bridgehead atoms. The first-order chi connectivity index (χ1) is 12.1. The van der Waals surface area contributed by atoms with E-state index in [9.17, 15) is 4.79 Å². The number of rotatable bonds is 8. The number of carbonyl (C=O) groups is 1. The van der Waals surface area contributed by atoms with E-state index < -0.39 is 0 Å². The Bertz CT molecular complexity index is 679. The van der Waals surface area contributed by atoms with Gasteiger partial charge in [0, 0.05) is 31.4 Å². The quantitative estimate of drug-likeness (QED) is 0.729. The highest BCUT2D eigenvalue weighted by atomic mass is 16.5. The Morgan fingerprint density at radius 2 is 1.68 bits per heavy atom. The zero-order chi connectivity index (χ0) is 17.6. The second-order valence-corrected chi connectivity index (χ2v) is 7.17. The summed E-state index contributed by atoms with van der Waals surface area (Å²) in [7, 11) is 0. The van der Waals surface area contributed by atoms with Gasteiger partial charge in [-0.1, -0.05) is 26.0 Å². The zero-order valence-electron chi connectivity index (χ0n) is 15.0. The van der Waals surface area contributed by atoms with Crippen LogP contribution in [-0.2, 0) is 17.9 Å². The van der Waals surface area contributed by atoms with Crippen LogP contribution in [0.25, 0.3) is 0 Å². The molecule has 132 valence electrons. The van der Waals surface area contributed by atoms with E-state index in [1.54, 1.807) is 12.4 Å². The summed E-state index contributed by atoms with van der Waals surface area (Å²) in [4.78, 5) is 18.7. The van der Waals surface area contributed by atoms with E-state index >= 15 is 0 Å². The van der Waals surface area contributed by atoms with Gasteiger partial charge in [-0.2, -0.15) is 0 Å². The van der Waals surface area contributed by atoms with Crippen molar-refractivity contribution in [1.29, 1.82) is 0 Å². The molecular formula is C21H26N2O2. The first-order valence-electron chi connectivity index (χ1n) is 9.01. The SMILES string of the molecule is CC(C)COc1ccc(CN(Cc2ccncc2)C(=O)C2CC2)cc1. The van der Waals surface area contributed by atoms with Crippen LogP contribution in [0.15, 0.2) is 48.8 Å². The molecule has 1 aromatic heterocycles. The second kappa shape index (κ2) is 8.15. The number of ether oxygens (including phenoxy) is 1. The van der Waals surface area contributed by atoms with E-state index in [0.717, 1.165) is 29.7 Å². The molecule has 2 aromatic rings. The molecule has 4 heteroatoms. The molecule has 1 fully saturated rings. The third-order valence-corrected chi connectivity index (χ3v) is 4.24. The summed E-state index contributed by atoms with van der Waals surface area (Å²) in [5.41, 5.74) is 2.24. The predicted molar refractivity (Wildman–Crippen MR) is 98.0 cm³/mol. The minimum Gasteiger partial charge on any atom is -0.493 e. The number of hydrogen-bond acceptors (Lipinski definition) is 3. The molecule has 3 rings (SSSR count). The normalized spacial score (nSPS) is 13.7. The van der Waals surface area contributed by atoms with Gasteiger partial charge in [-0.3, -0.25) is 9.78 Å². The largest absolute Gasteiger partial charge is 0.493 e. The highest BCUT2D eigenvalue weighted by molar-refractivity contribution is 5.81. The van der Waals surface area contributed by atoms with Crippen LogP contribution in [0.3, 0.4) is 0 Å². The molecule has 0 atom stereocenters. The summed E-state index contributed by atoms with van der Waals surface area (Å²) < 4.78 is 5.73. The highest BCUT2D eigenvalue weighted by Gasteiger charge is 2.33. The Morgan fingerprint density at radius 1 is 1.08 bits per heavy atom. The van der Waals surface area contributed by atoms with Gasteiger partial charge >= 0.3 is 0 Å². The Balaban J connectivity index is 1.66. The van der Waals surface area contributed by atoms with Crippen molar-refractivity contribution in [2.75, 3.05) is 6.61 Å². The second-order valence-electron chi connectivity index (χ2n) is 7.17. The average Bonchev–Trinajstić information content (AvgIpc) is 3.46. The predicted octanol–water partition coefficient (Wildman–Crippen LogP) is 4.06. The molecule has 0 saturated heterocycles. The minimum absolute atomic E-state index is 0.218. The summed E-state index contributed by atoms with van der Waals surface area (Å²) in [5.74, 6) is 1.87. The van der Waals surface area contributed by atoms with Gasteiger partial charge in [-0.25, -0.2) is 0 Å². The third kappa shape index (κ3) is 5.31. The molecule has 1 aromatic carbocycles. The van der Waals surface area contributed by atoms with Crippen LogP contribution in [0, 0.1) is 11.8 Å². The monoisotopic (exact) mass is 338 g/mol. The Labute approximate surface area is 149 Å². The standard InChI is InChI=1S/C21H26N2O2/c1-16(2)15-25-20-7-3-17(4-8-20)13-23(21(24)19-5-6-19)14-18-9-11-22-12-10-18/h3-4,7-12,16,19H,5-6,13-15H2,1-2H3. The first-order valence-corrected chi connectivity index (χ1v) is 9.01. The van der Waals surface area contributed by atoms with Crippen molar-refractivity contribution in [3.8, 4) is 5.75 Å². The molecule has 1 heterocycles. The summed E-state index contributed by atoms with van der Waals surface area (Å²) in [6.07, 6.45) is 5.59. The number of benzene rings is 1. The maximum atomic E-state index is 12.6. The number of nitrogens with zero attached hydrogens (tertiary/aromatic N) is 2. The van der Waals surface area contributed by atoms with Crippen molar-refractivity contribution in [1.82, 2.24) is 9.88 Å². The summed E-state index contributed by atoms with van der Waals surface area (Å²) in [5, 5.41) is 0. The molecule has 1 amide bonds. The van der Waals surface area contributed by atoms with Crippen LogP contribution >= 0.6 is 0 Å². The van der Waals surface area contributed by atoms with Crippen molar-refractivity contribution in [3.63, 3.8) is 0 Å². The summed E-state index contributed by atoms with van der Waals surface area (Å²) in [6.45, 7) is 6.24. The lowest BCUT2D eigenvalue weighted by molar-refractivity contribution is -0.133. The smallest absolute Gasteiger partial charge is 0.226 e. The van der Waals surface area contributed by atoms with Crippen molar-refractivity contribution in [2.45, 2.75) is 39.8 Å². The van der Waals surface area contributed by atoms with Gasteiger partial charge in [0.15, 0.2) is 0 Å². The number of hydrogen-bond donors (Lipinski definition) is 0. The molecule has 1 aliphatic rings. The Kier molecular flexibility index (Phi) is 5.69. The topological polar surface area (TPSA) is 42.4 Å². The summed E-state index contributed by atoms with van der Waals surface area (Å²) in [6, 6.07) is 12.0. The van der Waals surface area contributed by atoms with Crippen molar-refractivity contribution in [2.24, 2.45) is 11.8 Å². The van der Waals surface area contributed by atoms with Crippen LogP contribution in [0.4, 0.5) is 0 Å². The molecule has 0 unspecified atom stereocenters. The zero-order valence-corrected chi connectivity index (χ0v) is 15.0. The average molecular weight is 338 g/mol. The highest BCUT2D eigenvalue weighted by Crippen LogP contribution is 2.32. The number of aromatic nitrogens is 1. The van der Waals surface area contributed by atoms with Gasteiger partial charge < -0.3 is 9.64 Å². The molecule has 0 aliphatic heterocycles. The van der Waals surface area contributed by atoms with Gasteiger partial charge in [0.05, 0.1) is 6.61 Å². The van der Waals surface area contributed by atoms with E-state index in [1.165, 1.54) is 0 Å². The van der Waals surface area contributed by atoms with Gasteiger partial charge in [0.25, 0.3) is 0 Å². The molecule has 1 aliphatic carbocycles. The molecule has 0 radical (unpaired) electrons. The Morgan fingerprint density at radius 3 is 2.24 bits per heavy atom. The molecule has 0 spiro atoms. The fraction of sp³-hybridized carbons (Fsp3) is 0.429. The molecular weight excluding hydrogens is 312 g/mol. The third-order valence-electron chi connectivity index (χ3n) is 4.24. The van der Waals surface area contributed by atoms with Crippen LogP contribution in [0.1, 0.15) is 37.8 Å². The van der Waals surface area contributed by atoms with E-state index in [1.807, 2.05) is 29.2 Å². The van der Waals surface area contributed by atoms with Crippen molar-refractivity contribution >= 4 is 5.91 Å². The minimum atomic E-state index is 0.218. The van der Waals surface area contributed by atoms with Crippen LogP contribution in [0.5, 0.6) is 5.75 Å². The van der Waals surface area contributed by atoms with Crippen LogP contribution in [0.2, 0.25) is 0 Å². The fourth-order valence-corrected chi connectivity index (χ4v) is 2.68. The van der Waals surface area contributed by atoms with Gasteiger partial charge in [-0.15, -0.1) is 0 Å². The lowest BCUT2D eigenvalue weighted by Crippen LogP contribution is -2.31. The number of carbonyl (C=O) groups excluding carboxylic acids is 1. The maximum absolute atomic E-state index is 12.6. The van der Waals surface area contributed by atoms with Crippen LogP contribution in [-0.4, -0.2) is 22.4 Å². The van der Waals surface area contributed by atoms with Crippen molar-refractivity contribution in [3.05, 3.63) is 59.9 Å². The molecule has 1 saturated carbocycles. The molecule has 4 nitrogen and oxygen atoms in total. The first kappa shape index (κ1) is 17.5. The van der Waals surface area contributed by atoms with Crippen LogP contribution < -0.4 is 4.74 Å². The molecule has 0 N–H and O–H groups in total. The van der Waals surface area contributed by atoms with Gasteiger partial charge in [0.1, 0.15) is 5.75 Å². The van der Waals surface area contributed by atoms with Crippen molar-refractivity contribution < 1.29 is 9.53 Å². The van der Waals surface area contributed by atoms with E-state index in [0.29, 0.717) is 25.6 Å². The number of pyridine rings is 1. The number of amides is 1.